The van der Waals surface area contributed by atoms with E-state index in [1.165, 1.54) is 11.8 Å². The Hall–Kier alpha value is -3.06. The lowest BCUT2D eigenvalue weighted by molar-refractivity contribution is -0.133. The van der Waals surface area contributed by atoms with Crippen LogP contribution < -0.4 is 0 Å². The van der Waals surface area contributed by atoms with Gasteiger partial charge in [0.05, 0.1) is 11.9 Å². The number of hydrogen-bond acceptors (Lipinski definition) is 5. The largest absolute Gasteiger partial charge is 0.340 e. The number of rotatable bonds is 9. The molecule has 0 aliphatic carbocycles. The molecule has 1 aromatic heterocycles. The molecule has 0 atom stereocenters. The third-order valence-electron chi connectivity index (χ3n) is 5.67. The van der Waals surface area contributed by atoms with E-state index in [9.17, 15) is 9.59 Å². The maximum absolute atomic E-state index is 12.9. The molecule has 0 unspecified atom stereocenters. The third-order valence-corrected chi connectivity index (χ3v) is 5.67. The smallest absolute Gasteiger partial charge is 0.274 e. The molecule has 33 heavy (non-hydrogen) atoms. The Balaban J connectivity index is 1.46. The summed E-state index contributed by atoms with van der Waals surface area (Å²) in [7, 11) is 0. The standard InChI is InChI=1S/C26H35N5O2/c1-21(2)20-31(26(33)24-19-27-22(3)18-28-24)13-11-25(32)30-16-14-29(15-17-30)12-7-10-23-8-5-4-6-9-23/h4-10,18-19,21H,11-17,20H2,1-3H3. The van der Waals surface area contributed by atoms with Gasteiger partial charge in [0.15, 0.2) is 0 Å². The predicted molar refractivity (Wildman–Crippen MR) is 131 cm³/mol. The zero-order valence-electron chi connectivity index (χ0n) is 20.0. The topological polar surface area (TPSA) is 69.6 Å². The zero-order chi connectivity index (χ0) is 23.6. The summed E-state index contributed by atoms with van der Waals surface area (Å²) < 4.78 is 0. The maximum Gasteiger partial charge on any atom is 0.274 e. The first kappa shape index (κ1) is 24.6. The van der Waals surface area contributed by atoms with Crippen molar-refractivity contribution in [3.63, 3.8) is 0 Å². The van der Waals surface area contributed by atoms with E-state index < -0.39 is 0 Å². The van der Waals surface area contributed by atoms with Gasteiger partial charge in [-0.25, -0.2) is 4.98 Å². The quantitative estimate of drug-likeness (QED) is 0.588. The molecule has 2 heterocycles. The Labute approximate surface area is 197 Å². The Bertz CT molecular complexity index is 919. The molecule has 0 saturated carbocycles. The molecule has 0 spiro atoms. The van der Waals surface area contributed by atoms with Crippen molar-refractivity contribution in [3.8, 4) is 0 Å². The normalized spacial score (nSPS) is 14.7. The number of piperazine rings is 1. The highest BCUT2D eigenvalue weighted by Gasteiger charge is 2.23. The summed E-state index contributed by atoms with van der Waals surface area (Å²) in [6, 6.07) is 10.3. The van der Waals surface area contributed by atoms with Gasteiger partial charge in [-0.1, -0.05) is 56.3 Å². The Kier molecular flexibility index (Phi) is 9.13. The average molecular weight is 450 g/mol. The number of aryl methyl sites for hydroxylation is 1. The van der Waals surface area contributed by atoms with E-state index in [1.807, 2.05) is 30.0 Å². The minimum Gasteiger partial charge on any atom is -0.340 e. The van der Waals surface area contributed by atoms with Crippen LogP contribution in [0.5, 0.6) is 0 Å². The molecule has 2 aromatic rings. The monoisotopic (exact) mass is 449 g/mol. The van der Waals surface area contributed by atoms with E-state index in [4.69, 9.17) is 0 Å². The van der Waals surface area contributed by atoms with Gasteiger partial charge in [-0.15, -0.1) is 0 Å². The number of aromatic nitrogens is 2. The van der Waals surface area contributed by atoms with Crippen LogP contribution in [-0.4, -0.2) is 82.3 Å². The van der Waals surface area contributed by atoms with Crippen molar-refractivity contribution in [1.29, 1.82) is 0 Å². The first-order chi connectivity index (χ1) is 15.9. The Morgan fingerprint density at radius 3 is 2.42 bits per heavy atom. The molecule has 1 fully saturated rings. The summed E-state index contributed by atoms with van der Waals surface area (Å²) in [5.41, 5.74) is 2.29. The molecule has 176 valence electrons. The van der Waals surface area contributed by atoms with Crippen molar-refractivity contribution in [3.05, 3.63) is 65.8 Å². The molecule has 2 amide bonds. The molecule has 1 aliphatic rings. The summed E-state index contributed by atoms with van der Waals surface area (Å²) in [5, 5.41) is 0. The van der Waals surface area contributed by atoms with Crippen LogP contribution in [-0.2, 0) is 4.79 Å². The molecular weight excluding hydrogens is 414 g/mol. The lowest BCUT2D eigenvalue weighted by Crippen LogP contribution is -2.49. The van der Waals surface area contributed by atoms with Crippen LogP contribution in [0.15, 0.2) is 48.8 Å². The van der Waals surface area contributed by atoms with Crippen molar-refractivity contribution in [2.45, 2.75) is 27.2 Å². The van der Waals surface area contributed by atoms with E-state index in [-0.39, 0.29) is 11.8 Å². The predicted octanol–water partition coefficient (Wildman–Crippen LogP) is 3.13. The van der Waals surface area contributed by atoms with E-state index in [0.717, 1.165) is 38.4 Å². The second kappa shape index (κ2) is 12.3. The van der Waals surface area contributed by atoms with Gasteiger partial charge in [0.1, 0.15) is 5.69 Å². The molecule has 1 saturated heterocycles. The van der Waals surface area contributed by atoms with Gasteiger partial charge in [0, 0.05) is 58.4 Å². The Morgan fingerprint density at radius 2 is 1.79 bits per heavy atom. The van der Waals surface area contributed by atoms with E-state index >= 15 is 0 Å². The van der Waals surface area contributed by atoms with Crippen molar-refractivity contribution in [1.82, 2.24) is 24.7 Å². The number of nitrogens with zero attached hydrogens (tertiary/aromatic N) is 5. The fourth-order valence-corrected chi connectivity index (χ4v) is 3.85. The summed E-state index contributed by atoms with van der Waals surface area (Å²) >= 11 is 0. The number of hydrogen-bond donors (Lipinski definition) is 0. The van der Waals surface area contributed by atoms with Crippen LogP contribution in [0.25, 0.3) is 6.08 Å². The second-order valence-electron chi connectivity index (χ2n) is 8.93. The second-order valence-corrected chi connectivity index (χ2v) is 8.93. The van der Waals surface area contributed by atoms with Gasteiger partial charge in [0.2, 0.25) is 5.91 Å². The van der Waals surface area contributed by atoms with Gasteiger partial charge in [-0.05, 0) is 18.4 Å². The van der Waals surface area contributed by atoms with Crippen LogP contribution in [0.1, 0.15) is 42.0 Å². The highest BCUT2D eigenvalue weighted by Crippen LogP contribution is 2.10. The minimum atomic E-state index is -0.168. The van der Waals surface area contributed by atoms with Gasteiger partial charge in [0.25, 0.3) is 5.91 Å². The fraction of sp³-hybridized carbons (Fsp3) is 0.462. The van der Waals surface area contributed by atoms with Gasteiger partial charge >= 0.3 is 0 Å². The van der Waals surface area contributed by atoms with E-state index in [0.29, 0.717) is 31.1 Å². The zero-order valence-corrected chi connectivity index (χ0v) is 20.0. The highest BCUT2D eigenvalue weighted by atomic mass is 16.2. The highest BCUT2D eigenvalue weighted by molar-refractivity contribution is 5.92. The first-order valence-electron chi connectivity index (χ1n) is 11.7. The SMILES string of the molecule is Cc1cnc(C(=O)N(CCC(=O)N2CCN(CC=Cc3ccccc3)CC2)CC(C)C)cn1. The van der Waals surface area contributed by atoms with Crippen LogP contribution >= 0.6 is 0 Å². The van der Waals surface area contributed by atoms with Crippen molar-refractivity contribution in [2.75, 3.05) is 45.8 Å². The molecule has 7 heteroatoms. The number of amides is 2. The van der Waals surface area contributed by atoms with Crippen molar-refractivity contribution in [2.24, 2.45) is 5.92 Å². The Morgan fingerprint density at radius 1 is 1.06 bits per heavy atom. The molecule has 1 aliphatic heterocycles. The lowest BCUT2D eigenvalue weighted by Gasteiger charge is -2.34. The summed E-state index contributed by atoms with van der Waals surface area (Å²) in [4.78, 5) is 40.1. The molecule has 1 aromatic carbocycles. The number of carbonyl (C=O) groups is 2. The van der Waals surface area contributed by atoms with Crippen LogP contribution in [0.3, 0.4) is 0 Å². The van der Waals surface area contributed by atoms with E-state index in [2.05, 4.69) is 53.0 Å². The lowest BCUT2D eigenvalue weighted by atomic mass is 10.2. The van der Waals surface area contributed by atoms with Gasteiger partial charge in [-0.2, -0.15) is 0 Å². The molecule has 0 bridgehead atoms. The number of benzene rings is 1. The van der Waals surface area contributed by atoms with Crippen molar-refractivity contribution < 1.29 is 9.59 Å². The summed E-state index contributed by atoms with van der Waals surface area (Å²) in [6.45, 7) is 11.0. The first-order valence-corrected chi connectivity index (χ1v) is 11.7. The average Bonchev–Trinajstić information content (AvgIpc) is 2.82. The minimum absolute atomic E-state index is 0.103. The molecule has 3 rings (SSSR count). The molecular formula is C26H35N5O2. The fourth-order valence-electron chi connectivity index (χ4n) is 3.85. The summed E-state index contributed by atoms with van der Waals surface area (Å²) in [6.07, 6.45) is 7.75. The third kappa shape index (κ3) is 7.79. The van der Waals surface area contributed by atoms with E-state index in [1.54, 1.807) is 11.1 Å². The van der Waals surface area contributed by atoms with Crippen molar-refractivity contribution >= 4 is 17.9 Å². The molecule has 0 N–H and O–H groups in total. The van der Waals surface area contributed by atoms with Crippen LogP contribution in [0, 0.1) is 12.8 Å². The summed E-state index contributed by atoms with van der Waals surface area (Å²) in [5.74, 6) is 0.236. The molecule has 7 nitrogen and oxygen atoms in total. The van der Waals surface area contributed by atoms with Gasteiger partial charge in [-0.3, -0.25) is 19.5 Å². The molecule has 0 radical (unpaired) electrons. The maximum atomic E-state index is 12.9. The number of carbonyl (C=O) groups excluding carboxylic acids is 2. The van der Waals surface area contributed by atoms with Gasteiger partial charge < -0.3 is 9.80 Å². The van der Waals surface area contributed by atoms with Crippen LogP contribution in [0.4, 0.5) is 0 Å². The van der Waals surface area contributed by atoms with Crippen LogP contribution in [0.2, 0.25) is 0 Å².